The maximum Gasteiger partial charge on any atom is 0.108 e. The number of fused-ring (bicyclic) bond motifs is 1. The van der Waals surface area contributed by atoms with Gasteiger partial charge in [-0.05, 0) is 24.3 Å². The van der Waals surface area contributed by atoms with E-state index in [0.29, 0.717) is 12.1 Å². The number of aromatic nitrogens is 2. The summed E-state index contributed by atoms with van der Waals surface area (Å²) < 4.78 is 7.76. The van der Waals surface area contributed by atoms with Gasteiger partial charge in [0.05, 0.1) is 12.6 Å². The van der Waals surface area contributed by atoms with Gasteiger partial charge < -0.3 is 14.3 Å². The summed E-state index contributed by atoms with van der Waals surface area (Å²) in [6.07, 6.45) is 11.0. The monoisotopic (exact) mass is 287 g/mol. The second kappa shape index (κ2) is 5.68. The quantitative estimate of drug-likeness (QED) is 0.935. The number of rotatable bonds is 4. The predicted molar refractivity (Wildman–Crippen MR) is 83.0 cm³/mol. The van der Waals surface area contributed by atoms with Crippen molar-refractivity contribution in [2.75, 3.05) is 0 Å². The van der Waals surface area contributed by atoms with E-state index in [-0.39, 0.29) is 5.41 Å². The first kappa shape index (κ1) is 14.4. The minimum absolute atomic E-state index is 0.186. The van der Waals surface area contributed by atoms with Crippen LogP contribution in [0.5, 0.6) is 0 Å². The molecule has 21 heavy (non-hydrogen) atoms. The van der Waals surface area contributed by atoms with Gasteiger partial charge >= 0.3 is 0 Å². The van der Waals surface area contributed by atoms with Crippen molar-refractivity contribution in [1.29, 1.82) is 0 Å². The first-order valence-corrected chi connectivity index (χ1v) is 7.82. The minimum Gasteiger partial charge on any atom is -0.469 e. The summed E-state index contributed by atoms with van der Waals surface area (Å²) in [5.74, 6) is 1.16. The number of hydrogen-bond acceptors (Lipinski definition) is 3. The lowest BCUT2D eigenvalue weighted by molar-refractivity contribution is 0.213. The smallest absolute Gasteiger partial charge is 0.108 e. The molecule has 2 atom stereocenters. The Labute approximate surface area is 126 Å². The van der Waals surface area contributed by atoms with Crippen LogP contribution < -0.4 is 5.32 Å². The maximum absolute atomic E-state index is 5.60. The van der Waals surface area contributed by atoms with Crippen molar-refractivity contribution >= 4 is 0 Å². The molecular weight excluding hydrogens is 262 g/mol. The highest BCUT2D eigenvalue weighted by Gasteiger charge is 2.30. The lowest BCUT2D eigenvalue weighted by atomic mass is 9.84. The molecule has 4 heteroatoms. The maximum atomic E-state index is 5.60. The Morgan fingerprint density at radius 3 is 3.05 bits per heavy atom. The van der Waals surface area contributed by atoms with Gasteiger partial charge in [0.1, 0.15) is 5.76 Å². The van der Waals surface area contributed by atoms with Crippen molar-refractivity contribution in [2.45, 2.75) is 58.7 Å². The highest BCUT2D eigenvalue weighted by atomic mass is 16.3. The molecule has 0 aromatic carbocycles. The molecule has 114 valence electrons. The van der Waals surface area contributed by atoms with Gasteiger partial charge in [0, 0.05) is 43.0 Å². The van der Waals surface area contributed by atoms with Crippen molar-refractivity contribution in [3.05, 3.63) is 42.4 Å². The molecule has 3 rings (SSSR count). The van der Waals surface area contributed by atoms with Gasteiger partial charge in [-0.2, -0.15) is 0 Å². The van der Waals surface area contributed by atoms with Crippen molar-refractivity contribution in [2.24, 2.45) is 5.41 Å². The van der Waals surface area contributed by atoms with Crippen molar-refractivity contribution in [1.82, 2.24) is 14.9 Å². The molecule has 1 aliphatic carbocycles. The molecule has 0 radical (unpaired) electrons. The Morgan fingerprint density at radius 1 is 1.48 bits per heavy atom. The van der Waals surface area contributed by atoms with E-state index in [1.807, 2.05) is 25.0 Å². The van der Waals surface area contributed by atoms with E-state index in [9.17, 15) is 0 Å². The first-order chi connectivity index (χ1) is 10.0. The van der Waals surface area contributed by atoms with Crippen LogP contribution in [0.2, 0.25) is 0 Å². The van der Waals surface area contributed by atoms with Gasteiger partial charge in [-0.15, -0.1) is 0 Å². The van der Waals surface area contributed by atoms with Crippen LogP contribution in [0.3, 0.4) is 0 Å². The molecule has 0 saturated carbocycles. The lowest BCUT2D eigenvalue weighted by Gasteiger charge is -2.36. The Balaban J connectivity index is 1.77. The number of nitrogens with one attached hydrogen (secondary N) is 1. The van der Waals surface area contributed by atoms with Crippen LogP contribution >= 0.6 is 0 Å². The summed E-state index contributed by atoms with van der Waals surface area (Å²) in [7, 11) is 0. The second-order valence-corrected chi connectivity index (χ2v) is 7.09. The fourth-order valence-corrected chi connectivity index (χ4v) is 3.08. The Morgan fingerprint density at radius 2 is 2.33 bits per heavy atom. The third-order valence-corrected chi connectivity index (χ3v) is 4.45. The van der Waals surface area contributed by atoms with Crippen LogP contribution in [-0.2, 0) is 13.0 Å². The molecule has 0 bridgehead atoms. The van der Waals surface area contributed by atoms with E-state index in [1.165, 1.54) is 18.4 Å². The second-order valence-electron chi connectivity index (χ2n) is 7.09. The molecule has 0 saturated heterocycles. The molecule has 2 unspecified atom stereocenters. The van der Waals surface area contributed by atoms with E-state index in [4.69, 9.17) is 4.42 Å². The van der Waals surface area contributed by atoms with Crippen LogP contribution in [0.15, 0.2) is 35.5 Å². The van der Waals surface area contributed by atoms with Gasteiger partial charge in [0.25, 0.3) is 0 Å². The van der Waals surface area contributed by atoms with Crippen molar-refractivity contribution < 1.29 is 4.42 Å². The molecule has 1 aliphatic rings. The number of aryl methyl sites for hydroxylation is 1. The van der Waals surface area contributed by atoms with Gasteiger partial charge in [-0.1, -0.05) is 20.8 Å². The third kappa shape index (κ3) is 3.21. The molecule has 0 spiro atoms. The van der Waals surface area contributed by atoms with Crippen LogP contribution in [-0.4, -0.2) is 15.6 Å². The summed E-state index contributed by atoms with van der Waals surface area (Å²) in [6.45, 7) is 7.81. The third-order valence-electron chi connectivity index (χ3n) is 4.45. The fourth-order valence-electron chi connectivity index (χ4n) is 3.08. The van der Waals surface area contributed by atoms with Crippen LogP contribution in [0, 0.1) is 5.41 Å². The summed E-state index contributed by atoms with van der Waals surface area (Å²) in [4.78, 5) is 4.15. The molecule has 0 aliphatic heterocycles. The standard InChI is InChI=1S/C17H25N3O/c1-17(2,3)16(11-20-9-8-18-12-20)19-14-5-4-6-15-13(14)7-10-21-15/h7-10,12,14,16,19H,4-6,11H2,1-3H3. The number of furan rings is 1. The molecule has 2 aromatic heterocycles. The van der Waals surface area contributed by atoms with E-state index in [2.05, 4.69) is 41.7 Å². The summed E-state index contributed by atoms with van der Waals surface area (Å²) >= 11 is 0. The van der Waals surface area contributed by atoms with Crippen molar-refractivity contribution in [3.63, 3.8) is 0 Å². The topological polar surface area (TPSA) is 43.0 Å². The average Bonchev–Trinajstić information content (AvgIpc) is 3.07. The van der Waals surface area contributed by atoms with Gasteiger partial charge in [-0.3, -0.25) is 0 Å². The number of imidazole rings is 1. The molecule has 4 nitrogen and oxygen atoms in total. The van der Waals surface area contributed by atoms with Crippen LogP contribution in [0.1, 0.15) is 51.0 Å². The Hall–Kier alpha value is -1.55. The highest BCUT2D eigenvalue weighted by molar-refractivity contribution is 5.24. The van der Waals surface area contributed by atoms with E-state index < -0.39 is 0 Å². The zero-order valence-electron chi connectivity index (χ0n) is 13.2. The van der Waals surface area contributed by atoms with E-state index in [0.717, 1.165) is 18.7 Å². The van der Waals surface area contributed by atoms with Gasteiger partial charge in [-0.25, -0.2) is 4.98 Å². The lowest BCUT2D eigenvalue weighted by Crippen LogP contribution is -2.45. The predicted octanol–water partition coefficient (Wildman–Crippen LogP) is 3.56. The summed E-state index contributed by atoms with van der Waals surface area (Å²) in [5, 5.41) is 3.87. The molecule has 2 aromatic rings. The largest absolute Gasteiger partial charge is 0.469 e. The molecule has 0 fully saturated rings. The number of nitrogens with zero attached hydrogens (tertiary/aromatic N) is 2. The van der Waals surface area contributed by atoms with Gasteiger partial charge in [0.15, 0.2) is 0 Å². The SMILES string of the molecule is CC(C)(C)C(Cn1ccnc1)NC1CCCc2occc21. The average molecular weight is 287 g/mol. The summed E-state index contributed by atoms with van der Waals surface area (Å²) in [6, 6.07) is 2.92. The van der Waals surface area contributed by atoms with Crippen molar-refractivity contribution in [3.8, 4) is 0 Å². The van der Waals surface area contributed by atoms with E-state index in [1.54, 1.807) is 0 Å². The number of hydrogen-bond donors (Lipinski definition) is 1. The van der Waals surface area contributed by atoms with E-state index >= 15 is 0 Å². The Kier molecular flexibility index (Phi) is 3.89. The van der Waals surface area contributed by atoms with Gasteiger partial charge in [0.2, 0.25) is 0 Å². The molecule has 0 amide bonds. The first-order valence-electron chi connectivity index (χ1n) is 7.82. The van der Waals surface area contributed by atoms with Crippen LogP contribution in [0.25, 0.3) is 0 Å². The highest BCUT2D eigenvalue weighted by Crippen LogP contribution is 2.33. The Bertz CT molecular complexity index is 565. The normalized spacial score (nSPS) is 20.2. The molecular formula is C17H25N3O. The minimum atomic E-state index is 0.186. The zero-order valence-corrected chi connectivity index (χ0v) is 13.2. The molecule has 2 heterocycles. The summed E-state index contributed by atoms with van der Waals surface area (Å²) in [5.41, 5.74) is 1.53. The fraction of sp³-hybridized carbons (Fsp3) is 0.588. The molecule has 1 N–H and O–H groups in total. The zero-order chi connectivity index (χ0) is 14.9. The van der Waals surface area contributed by atoms with Crippen LogP contribution in [0.4, 0.5) is 0 Å².